The molecule has 2 amide bonds. The number of sulfonamides is 1. The van der Waals surface area contributed by atoms with E-state index in [-0.39, 0.29) is 17.0 Å². The number of nitrogens with one attached hydrogen (secondary N) is 2. The molecule has 2 N–H and O–H groups in total. The van der Waals surface area contributed by atoms with Gasteiger partial charge in [0, 0.05) is 41.2 Å². The number of para-hydroxylation sites is 1. The van der Waals surface area contributed by atoms with E-state index < -0.39 is 43.4 Å². The summed E-state index contributed by atoms with van der Waals surface area (Å²) in [5, 5.41) is 15.2. The van der Waals surface area contributed by atoms with Crippen molar-refractivity contribution in [3.63, 3.8) is 0 Å². The molecule has 5 aromatic carbocycles. The molecule has 54 heavy (non-hydrogen) atoms. The van der Waals surface area contributed by atoms with Gasteiger partial charge in [-0.2, -0.15) is 0 Å². The van der Waals surface area contributed by atoms with Crippen molar-refractivity contribution < 1.29 is 27.7 Å². The van der Waals surface area contributed by atoms with Crippen LogP contribution in [-0.4, -0.2) is 42.4 Å². The van der Waals surface area contributed by atoms with Gasteiger partial charge >= 0.3 is 0 Å². The molecule has 11 nitrogen and oxygen atoms in total. The van der Waals surface area contributed by atoms with E-state index in [9.17, 15) is 28.1 Å². The van der Waals surface area contributed by atoms with Gasteiger partial charge < -0.3 is 14.6 Å². The van der Waals surface area contributed by atoms with Crippen LogP contribution >= 0.6 is 23.2 Å². The van der Waals surface area contributed by atoms with Crippen molar-refractivity contribution in [3.05, 3.63) is 158 Å². The van der Waals surface area contributed by atoms with E-state index in [1.807, 2.05) is 76.9 Å². The van der Waals surface area contributed by atoms with Gasteiger partial charge in [0.1, 0.15) is 16.8 Å². The lowest BCUT2D eigenvalue weighted by atomic mass is 10.0. The molecular formula is C40H34Cl2N4O7S. The second kappa shape index (κ2) is 16.5. The van der Waals surface area contributed by atoms with Crippen LogP contribution in [0.4, 0.5) is 5.69 Å². The van der Waals surface area contributed by atoms with E-state index in [4.69, 9.17) is 27.9 Å². The lowest BCUT2D eigenvalue weighted by molar-refractivity contribution is -0.384. The summed E-state index contributed by atoms with van der Waals surface area (Å²) >= 11 is 11.9. The largest absolute Gasteiger partial charge is 0.494 e. The molecule has 1 heterocycles. The zero-order valence-corrected chi connectivity index (χ0v) is 31.2. The molecule has 0 aliphatic rings. The van der Waals surface area contributed by atoms with Gasteiger partial charge in [0.05, 0.1) is 22.0 Å². The summed E-state index contributed by atoms with van der Waals surface area (Å²) in [4.78, 5) is 37.9. The van der Waals surface area contributed by atoms with Gasteiger partial charge in [-0.05, 0) is 71.1 Å². The molecule has 0 fully saturated rings. The van der Waals surface area contributed by atoms with Crippen LogP contribution in [0, 0.1) is 10.1 Å². The number of nitrogens with zero attached hydrogens (tertiary/aromatic N) is 2. The highest BCUT2D eigenvalue weighted by Gasteiger charge is 2.29. The Morgan fingerprint density at radius 3 is 2.19 bits per heavy atom. The number of rotatable bonds is 14. The molecule has 1 aromatic heterocycles. The molecule has 0 spiro atoms. The number of nitro groups is 1. The van der Waals surface area contributed by atoms with Crippen molar-refractivity contribution in [2.75, 3.05) is 6.61 Å². The number of amides is 2. The molecule has 0 bridgehead atoms. The first-order valence-electron chi connectivity index (χ1n) is 16.9. The minimum atomic E-state index is -4.62. The van der Waals surface area contributed by atoms with Crippen LogP contribution < -0.4 is 14.8 Å². The number of carbonyl (C=O) groups excluding carboxylic acids is 2. The summed E-state index contributed by atoms with van der Waals surface area (Å²) in [5.74, 6) is -1.03. The summed E-state index contributed by atoms with van der Waals surface area (Å²) < 4.78 is 36.2. The van der Waals surface area contributed by atoms with E-state index >= 15 is 0 Å². The van der Waals surface area contributed by atoms with Crippen molar-refractivity contribution in [2.45, 2.75) is 37.2 Å². The second-order valence-corrected chi connectivity index (χ2v) is 15.0. The minimum absolute atomic E-state index is 0.0828. The number of aromatic nitrogens is 1. The maximum absolute atomic E-state index is 14.0. The highest BCUT2D eigenvalue weighted by atomic mass is 35.5. The Morgan fingerprint density at radius 2 is 1.52 bits per heavy atom. The predicted octanol–water partition coefficient (Wildman–Crippen LogP) is 8.21. The molecule has 6 aromatic rings. The number of carbonyl (C=O) groups is 2. The van der Waals surface area contributed by atoms with E-state index in [0.29, 0.717) is 34.9 Å². The Labute approximate surface area is 321 Å². The zero-order valence-electron chi connectivity index (χ0n) is 28.9. The molecular weight excluding hydrogens is 751 g/mol. The molecule has 0 radical (unpaired) electrons. The number of fused-ring (bicyclic) bond motifs is 1. The number of hydrogen-bond acceptors (Lipinski definition) is 7. The quantitative estimate of drug-likeness (QED) is 0.0835. The van der Waals surface area contributed by atoms with Gasteiger partial charge in [-0.3, -0.25) is 19.7 Å². The smallest absolute Gasteiger partial charge is 0.289 e. The van der Waals surface area contributed by atoms with Gasteiger partial charge in [-0.25, -0.2) is 13.1 Å². The molecule has 1 atom stereocenters. The van der Waals surface area contributed by atoms with Crippen molar-refractivity contribution in [2.24, 2.45) is 0 Å². The fraction of sp³-hybridized carbons (Fsp3) is 0.150. The van der Waals surface area contributed by atoms with Crippen molar-refractivity contribution in [3.8, 4) is 16.9 Å². The van der Waals surface area contributed by atoms with E-state index in [1.165, 1.54) is 0 Å². The first-order valence-corrected chi connectivity index (χ1v) is 19.1. The number of benzene rings is 5. The topological polar surface area (TPSA) is 150 Å². The number of ether oxygens (including phenoxy) is 1. The Morgan fingerprint density at radius 1 is 0.870 bits per heavy atom. The number of nitro benzene ring substituents is 1. The minimum Gasteiger partial charge on any atom is -0.494 e. The molecule has 276 valence electrons. The van der Waals surface area contributed by atoms with E-state index in [2.05, 4.69) is 5.32 Å². The SMILES string of the molecule is CCCOc1ccc(C[C@H](NC(=O)c2cn(Cc3ccc(-c4ccc(Cl)cc4)cc3)c3ccccc23)C(=O)NS(=O)(=O)c2ccc(Cl)c([N+](=O)[O-])c2)cc1. The molecule has 0 unspecified atom stereocenters. The highest BCUT2D eigenvalue weighted by molar-refractivity contribution is 7.90. The van der Waals surface area contributed by atoms with Crippen LogP contribution in [0.5, 0.6) is 5.75 Å². The van der Waals surface area contributed by atoms with Crippen LogP contribution in [0.25, 0.3) is 22.0 Å². The summed E-state index contributed by atoms with van der Waals surface area (Å²) in [6, 6.07) is 31.3. The summed E-state index contributed by atoms with van der Waals surface area (Å²) in [7, 11) is -4.62. The predicted molar refractivity (Wildman–Crippen MR) is 209 cm³/mol. The fourth-order valence-electron chi connectivity index (χ4n) is 5.88. The Bertz CT molecular complexity index is 2430. The third-order valence-electron chi connectivity index (χ3n) is 8.64. The van der Waals surface area contributed by atoms with Gasteiger partial charge in [-0.15, -0.1) is 0 Å². The zero-order chi connectivity index (χ0) is 38.4. The van der Waals surface area contributed by atoms with E-state index in [1.54, 1.807) is 42.6 Å². The van der Waals surface area contributed by atoms with Crippen LogP contribution in [0.2, 0.25) is 10.0 Å². The average molecular weight is 786 g/mol. The van der Waals surface area contributed by atoms with Gasteiger partial charge in [0.15, 0.2) is 0 Å². The van der Waals surface area contributed by atoms with Gasteiger partial charge in [-0.1, -0.05) is 96.9 Å². The molecule has 0 aliphatic heterocycles. The third-order valence-corrected chi connectivity index (χ3v) is 10.6. The molecule has 0 saturated heterocycles. The monoisotopic (exact) mass is 784 g/mol. The molecule has 0 saturated carbocycles. The summed E-state index contributed by atoms with van der Waals surface area (Å²) in [6.07, 6.45) is 2.43. The Hall–Kier alpha value is -5.69. The first kappa shape index (κ1) is 38.0. The van der Waals surface area contributed by atoms with Gasteiger partial charge in [0.25, 0.3) is 27.5 Å². The van der Waals surface area contributed by atoms with Gasteiger partial charge in [0.2, 0.25) is 0 Å². The maximum atomic E-state index is 14.0. The third kappa shape index (κ3) is 8.91. The highest BCUT2D eigenvalue weighted by Crippen LogP contribution is 2.28. The number of halogens is 2. The van der Waals surface area contributed by atoms with Crippen molar-refractivity contribution in [1.29, 1.82) is 0 Å². The van der Waals surface area contributed by atoms with E-state index in [0.717, 1.165) is 46.8 Å². The lowest BCUT2D eigenvalue weighted by Gasteiger charge is -2.19. The second-order valence-electron chi connectivity index (χ2n) is 12.5. The molecule has 0 aliphatic carbocycles. The average Bonchev–Trinajstić information content (AvgIpc) is 3.53. The Balaban J connectivity index is 1.27. The van der Waals surface area contributed by atoms with Crippen LogP contribution in [0.15, 0.2) is 126 Å². The number of hydrogen-bond donors (Lipinski definition) is 2. The molecule has 14 heteroatoms. The first-order chi connectivity index (χ1) is 25.9. The van der Waals surface area contributed by atoms with Crippen LogP contribution in [-0.2, 0) is 27.8 Å². The van der Waals surface area contributed by atoms with Crippen molar-refractivity contribution >= 4 is 61.6 Å². The normalized spacial score (nSPS) is 11.9. The molecule has 6 rings (SSSR count). The summed E-state index contributed by atoms with van der Waals surface area (Å²) in [6.45, 7) is 2.94. The lowest BCUT2D eigenvalue weighted by Crippen LogP contribution is -2.49. The maximum Gasteiger partial charge on any atom is 0.289 e. The summed E-state index contributed by atoms with van der Waals surface area (Å²) in [5.41, 5.74) is 4.06. The Kier molecular flexibility index (Phi) is 11.7. The van der Waals surface area contributed by atoms with Crippen molar-refractivity contribution in [1.82, 2.24) is 14.6 Å². The standard InChI is InChI=1S/C40H34Cl2N4O7S/c1-2-21-53-31-17-9-26(10-18-31)22-36(40(48)44-54(51,52)32-19-20-35(42)38(23-32)46(49)50)43-39(47)34-25-45(37-6-4-3-5-33(34)37)24-27-7-11-28(12-8-27)29-13-15-30(41)16-14-29/h3-20,23,25,36H,2,21-22,24H2,1H3,(H,43,47)(H,44,48)/t36-/m0/s1. The van der Waals surface area contributed by atoms with Crippen LogP contribution in [0.1, 0.15) is 34.8 Å². The van der Waals surface area contributed by atoms with Crippen LogP contribution in [0.3, 0.4) is 0 Å². The fourth-order valence-corrected chi connectivity index (χ4v) is 7.24.